The Kier molecular flexibility index (Phi) is 9.49. The van der Waals surface area contributed by atoms with Crippen molar-refractivity contribution in [1.82, 2.24) is 30.1 Å². The van der Waals surface area contributed by atoms with E-state index in [4.69, 9.17) is 14.2 Å². The normalized spacial score (nSPS) is 12.1. The summed E-state index contributed by atoms with van der Waals surface area (Å²) in [4.78, 5) is 30.6. The van der Waals surface area contributed by atoms with Crippen LogP contribution in [0.4, 0.5) is 0 Å². The molecule has 0 fully saturated rings. The maximum atomic E-state index is 13.1. The van der Waals surface area contributed by atoms with Gasteiger partial charge in [-0.25, -0.2) is 4.68 Å². The van der Waals surface area contributed by atoms with Crippen molar-refractivity contribution in [3.8, 4) is 11.5 Å². The van der Waals surface area contributed by atoms with Crippen molar-refractivity contribution in [2.24, 2.45) is 0 Å². The molecule has 0 aliphatic carbocycles. The quantitative estimate of drug-likeness (QED) is 0.250. The maximum Gasteiger partial charge on any atom is 0.327 e. The van der Waals surface area contributed by atoms with Crippen molar-refractivity contribution < 1.29 is 19.0 Å². The molecule has 11 nitrogen and oxygen atoms in total. The molecule has 2 heterocycles. The first-order valence-electron chi connectivity index (χ1n) is 13.4. The fraction of sp³-hybridized carbons (Fsp3) is 0.414. The molecular formula is C29H36N6O5. The third kappa shape index (κ3) is 6.66. The summed E-state index contributed by atoms with van der Waals surface area (Å²) >= 11 is 0. The molecule has 0 unspecified atom stereocenters. The lowest BCUT2D eigenvalue weighted by molar-refractivity contribution is -0.144. The molecule has 0 radical (unpaired) electrons. The number of nitrogens with one attached hydrogen (secondary N) is 1. The minimum Gasteiger partial charge on any atom is -0.493 e. The number of hydrogen-bond donors (Lipinski definition) is 1. The topological polar surface area (TPSA) is 124 Å². The summed E-state index contributed by atoms with van der Waals surface area (Å²) in [5, 5.41) is 13.2. The molecule has 212 valence electrons. The zero-order valence-electron chi connectivity index (χ0n) is 23.6. The van der Waals surface area contributed by atoms with Crippen LogP contribution < -0.4 is 15.0 Å². The molecular weight excluding hydrogens is 512 g/mol. The summed E-state index contributed by atoms with van der Waals surface area (Å²) < 4.78 is 17.5. The number of pyridine rings is 1. The predicted molar refractivity (Wildman–Crippen MR) is 150 cm³/mol. The van der Waals surface area contributed by atoms with E-state index in [1.54, 1.807) is 21.1 Å². The van der Waals surface area contributed by atoms with Gasteiger partial charge in [-0.2, -0.15) is 0 Å². The van der Waals surface area contributed by atoms with Crippen molar-refractivity contribution in [3.05, 3.63) is 75.3 Å². The minimum atomic E-state index is -0.413. The Labute approximate surface area is 233 Å². The molecule has 0 amide bonds. The van der Waals surface area contributed by atoms with Gasteiger partial charge >= 0.3 is 5.97 Å². The van der Waals surface area contributed by atoms with Crippen molar-refractivity contribution in [1.29, 1.82) is 0 Å². The van der Waals surface area contributed by atoms with Gasteiger partial charge in [0, 0.05) is 24.2 Å². The van der Waals surface area contributed by atoms with Gasteiger partial charge in [0.1, 0.15) is 6.54 Å². The summed E-state index contributed by atoms with van der Waals surface area (Å²) in [6.45, 7) is 6.94. The van der Waals surface area contributed by atoms with Gasteiger partial charge in [-0.3, -0.25) is 14.5 Å². The first-order valence-corrected chi connectivity index (χ1v) is 13.4. The number of aromatic amines is 1. The standard InChI is InChI=1S/C29H36N6O5/c1-6-24(28-31-32-33-35(28)18-27(36)40-7-2)34(13-12-20-9-11-25(38-4)26(15-20)39-5)17-22-16-21-14-19(3)8-10-23(21)30-29(22)37/h8-11,14-16,24H,6-7,12-13,17-18H2,1-5H3,(H,30,37)/t24-/m1/s1. The Morgan fingerprint density at radius 2 is 1.88 bits per heavy atom. The lowest BCUT2D eigenvalue weighted by atomic mass is 10.1. The van der Waals surface area contributed by atoms with Crippen LogP contribution in [0.3, 0.4) is 0 Å². The van der Waals surface area contributed by atoms with Gasteiger partial charge in [0.15, 0.2) is 17.3 Å². The number of benzene rings is 2. The summed E-state index contributed by atoms with van der Waals surface area (Å²) in [6, 6.07) is 13.5. The van der Waals surface area contributed by atoms with Gasteiger partial charge in [-0.1, -0.05) is 24.6 Å². The molecule has 1 atom stereocenters. The molecule has 4 rings (SSSR count). The van der Waals surface area contributed by atoms with Crippen LogP contribution in [0, 0.1) is 6.92 Å². The number of methoxy groups -OCH3 is 2. The van der Waals surface area contributed by atoms with E-state index in [2.05, 4.69) is 31.5 Å². The Morgan fingerprint density at radius 3 is 2.60 bits per heavy atom. The molecule has 11 heteroatoms. The Hall–Kier alpha value is -4.25. The largest absolute Gasteiger partial charge is 0.493 e. The Bertz CT molecular complexity index is 1510. The van der Waals surface area contributed by atoms with Crippen molar-refractivity contribution in [2.75, 3.05) is 27.4 Å². The van der Waals surface area contributed by atoms with Crippen LogP contribution in [0.2, 0.25) is 0 Å². The lowest BCUT2D eigenvalue weighted by Gasteiger charge is -2.30. The molecule has 0 saturated carbocycles. The van der Waals surface area contributed by atoms with E-state index in [1.165, 1.54) is 4.68 Å². The van der Waals surface area contributed by atoms with Crippen LogP contribution in [-0.2, 0) is 29.0 Å². The van der Waals surface area contributed by atoms with Crippen LogP contribution in [0.5, 0.6) is 11.5 Å². The average molecular weight is 549 g/mol. The monoisotopic (exact) mass is 548 g/mol. The highest BCUT2D eigenvalue weighted by Crippen LogP contribution is 2.29. The van der Waals surface area contributed by atoms with Gasteiger partial charge in [-0.05, 0) is 78.4 Å². The highest BCUT2D eigenvalue weighted by Gasteiger charge is 2.27. The van der Waals surface area contributed by atoms with Gasteiger partial charge in [0.25, 0.3) is 5.56 Å². The van der Waals surface area contributed by atoms with Gasteiger partial charge in [0.05, 0.1) is 26.9 Å². The first-order chi connectivity index (χ1) is 19.4. The SMILES string of the molecule is CCOC(=O)Cn1nnnc1[C@@H](CC)N(CCc1ccc(OC)c(OC)c1)Cc1cc2cc(C)ccc2[nH]c1=O. The molecule has 4 aromatic rings. The number of tetrazole rings is 1. The van der Waals surface area contributed by atoms with Crippen molar-refractivity contribution in [3.63, 3.8) is 0 Å². The van der Waals surface area contributed by atoms with Gasteiger partial charge in [-0.15, -0.1) is 5.10 Å². The minimum absolute atomic E-state index is 0.0912. The lowest BCUT2D eigenvalue weighted by Crippen LogP contribution is -2.34. The second-order valence-electron chi connectivity index (χ2n) is 9.55. The van der Waals surface area contributed by atoms with Crippen molar-refractivity contribution >= 4 is 16.9 Å². The molecule has 0 aliphatic rings. The van der Waals surface area contributed by atoms with Crippen LogP contribution >= 0.6 is 0 Å². The summed E-state index contributed by atoms with van der Waals surface area (Å²) in [6.07, 6.45) is 1.32. The number of rotatable bonds is 13. The van der Waals surface area contributed by atoms with Gasteiger partial charge < -0.3 is 19.2 Å². The second-order valence-corrected chi connectivity index (χ2v) is 9.55. The number of fused-ring (bicyclic) bond motifs is 1. The highest BCUT2D eigenvalue weighted by atomic mass is 16.5. The molecule has 0 spiro atoms. The number of hydrogen-bond acceptors (Lipinski definition) is 9. The van der Waals surface area contributed by atoms with E-state index in [1.807, 2.05) is 50.2 Å². The number of aryl methyl sites for hydroxylation is 1. The number of ether oxygens (including phenoxy) is 3. The van der Waals surface area contributed by atoms with E-state index in [9.17, 15) is 9.59 Å². The van der Waals surface area contributed by atoms with Crippen molar-refractivity contribution in [2.45, 2.75) is 52.7 Å². The van der Waals surface area contributed by atoms with Crippen LogP contribution in [0.1, 0.15) is 48.8 Å². The summed E-state index contributed by atoms with van der Waals surface area (Å²) in [7, 11) is 3.21. The fourth-order valence-corrected chi connectivity index (χ4v) is 4.86. The smallest absolute Gasteiger partial charge is 0.327 e. The van der Waals surface area contributed by atoms with E-state index in [0.717, 1.165) is 22.0 Å². The van der Waals surface area contributed by atoms with E-state index >= 15 is 0 Å². The Morgan fingerprint density at radius 1 is 1.07 bits per heavy atom. The van der Waals surface area contributed by atoms with Gasteiger partial charge in [0.2, 0.25) is 0 Å². The highest BCUT2D eigenvalue weighted by molar-refractivity contribution is 5.79. The third-order valence-electron chi connectivity index (χ3n) is 6.86. The summed E-state index contributed by atoms with van der Waals surface area (Å²) in [5.74, 6) is 1.43. The molecule has 0 saturated heterocycles. The number of aromatic nitrogens is 5. The first kappa shape index (κ1) is 28.8. The summed E-state index contributed by atoms with van der Waals surface area (Å²) in [5.41, 5.74) is 3.44. The molecule has 40 heavy (non-hydrogen) atoms. The zero-order valence-corrected chi connectivity index (χ0v) is 23.6. The number of carbonyl (C=O) groups is 1. The molecule has 2 aromatic carbocycles. The molecule has 2 aromatic heterocycles. The molecule has 0 bridgehead atoms. The number of carbonyl (C=O) groups excluding carboxylic acids is 1. The van der Waals surface area contributed by atoms with E-state index < -0.39 is 5.97 Å². The molecule has 1 N–H and O–H groups in total. The predicted octanol–water partition coefficient (Wildman–Crippen LogP) is 3.60. The average Bonchev–Trinajstić information content (AvgIpc) is 3.39. The number of nitrogens with zero attached hydrogens (tertiary/aromatic N) is 5. The van der Waals surface area contributed by atoms with E-state index in [-0.39, 0.29) is 24.8 Å². The third-order valence-corrected chi connectivity index (χ3v) is 6.86. The Balaban J connectivity index is 1.69. The van der Waals surface area contributed by atoms with Crippen LogP contribution in [0.15, 0.2) is 47.3 Å². The number of esters is 1. The second kappa shape index (κ2) is 13.2. The van der Waals surface area contributed by atoms with Crippen LogP contribution in [-0.4, -0.2) is 63.4 Å². The van der Waals surface area contributed by atoms with E-state index in [0.29, 0.717) is 48.8 Å². The number of H-pyrrole nitrogens is 1. The fourth-order valence-electron chi connectivity index (χ4n) is 4.86. The van der Waals surface area contributed by atoms with Crippen LogP contribution in [0.25, 0.3) is 10.9 Å². The molecule has 0 aliphatic heterocycles. The maximum absolute atomic E-state index is 13.1. The zero-order chi connectivity index (χ0) is 28.6.